The van der Waals surface area contributed by atoms with E-state index in [1.165, 1.54) is 19.3 Å². The van der Waals surface area contributed by atoms with Gasteiger partial charge in [0, 0.05) is 25.8 Å². The second-order valence-corrected chi connectivity index (χ2v) is 6.40. The zero-order valence-corrected chi connectivity index (χ0v) is 13.4. The number of rotatable bonds is 7. The molecule has 2 rings (SSSR count). The summed E-state index contributed by atoms with van der Waals surface area (Å²) in [5, 5.41) is 6.66. The summed E-state index contributed by atoms with van der Waals surface area (Å²) in [7, 11) is 0. The fraction of sp³-hybridized carbons (Fsp3) is 0.938. The third kappa shape index (κ3) is 6.32. The smallest absolute Gasteiger partial charge is 0.234 e. The van der Waals surface area contributed by atoms with Crippen LogP contribution in [0.1, 0.15) is 39.0 Å². The fourth-order valence-electron chi connectivity index (χ4n) is 3.26. The van der Waals surface area contributed by atoms with Crippen molar-refractivity contribution in [3.63, 3.8) is 0 Å². The number of nitrogens with one attached hydrogen (secondary N) is 2. The summed E-state index contributed by atoms with van der Waals surface area (Å²) in [4.78, 5) is 14.5. The van der Waals surface area contributed by atoms with Crippen LogP contribution in [0.15, 0.2) is 0 Å². The zero-order valence-electron chi connectivity index (χ0n) is 13.4. The second-order valence-electron chi connectivity index (χ2n) is 6.40. The van der Waals surface area contributed by atoms with E-state index >= 15 is 0 Å². The number of ether oxygens (including phenoxy) is 1. The molecule has 0 saturated carbocycles. The van der Waals surface area contributed by atoms with Crippen LogP contribution >= 0.6 is 0 Å². The van der Waals surface area contributed by atoms with Gasteiger partial charge in [0.15, 0.2) is 0 Å². The van der Waals surface area contributed by atoms with Gasteiger partial charge in [-0.1, -0.05) is 6.92 Å². The summed E-state index contributed by atoms with van der Waals surface area (Å²) >= 11 is 0. The summed E-state index contributed by atoms with van der Waals surface area (Å²) in [5.41, 5.74) is 0. The minimum Gasteiger partial charge on any atom is -0.381 e. The molecule has 2 N–H and O–H groups in total. The highest BCUT2D eigenvalue weighted by Gasteiger charge is 2.22. The Balaban J connectivity index is 1.65. The molecule has 5 nitrogen and oxygen atoms in total. The number of hydrogen-bond donors (Lipinski definition) is 2. The number of piperidine rings is 1. The standard InChI is InChI=1S/C16H31N3O2/c1-2-7-17-11-14-4-3-8-19(12-14)13-16(20)18-15-5-9-21-10-6-15/h14-15,17H,2-13H2,1H3,(H,18,20). The second kappa shape index (κ2) is 9.38. The van der Waals surface area contributed by atoms with E-state index in [-0.39, 0.29) is 5.91 Å². The van der Waals surface area contributed by atoms with E-state index in [0.717, 1.165) is 52.2 Å². The molecule has 0 aromatic carbocycles. The Morgan fingerprint density at radius 1 is 1.29 bits per heavy atom. The van der Waals surface area contributed by atoms with Crippen molar-refractivity contribution in [2.24, 2.45) is 5.92 Å². The first-order chi connectivity index (χ1) is 10.3. The quantitative estimate of drug-likeness (QED) is 0.688. The Labute approximate surface area is 128 Å². The van der Waals surface area contributed by atoms with Gasteiger partial charge in [0.05, 0.1) is 6.54 Å². The highest BCUT2D eigenvalue weighted by atomic mass is 16.5. The van der Waals surface area contributed by atoms with Gasteiger partial charge in [-0.3, -0.25) is 9.69 Å². The maximum Gasteiger partial charge on any atom is 0.234 e. The van der Waals surface area contributed by atoms with E-state index in [9.17, 15) is 4.79 Å². The average molecular weight is 297 g/mol. The minimum atomic E-state index is 0.184. The van der Waals surface area contributed by atoms with Crippen LogP contribution in [0.25, 0.3) is 0 Å². The summed E-state index contributed by atoms with van der Waals surface area (Å²) in [6, 6.07) is 0.318. The Bertz CT molecular complexity index is 306. The van der Waals surface area contributed by atoms with Gasteiger partial charge in [-0.2, -0.15) is 0 Å². The molecule has 1 amide bonds. The molecule has 5 heteroatoms. The zero-order chi connectivity index (χ0) is 14.9. The van der Waals surface area contributed by atoms with E-state index in [1.807, 2.05) is 0 Å². The Morgan fingerprint density at radius 2 is 2.10 bits per heavy atom. The van der Waals surface area contributed by atoms with Gasteiger partial charge in [-0.05, 0) is 57.7 Å². The van der Waals surface area contributed by atoms with Crippen molar-refractivity contribution in [2.45, 2.75) is 45.1 Å². The molecule has 0 aliphatic carbocycles. The lowest BCUT2D eigenvalue weighted by molar-refractivity contribution is -0.124. The van der Waals surface area contributed by atoms with E-state index in [1.54, 1.807) is 0 Å². The molecule has 1 unspecified atom stereocenters. The summed E-state index contributed by atoms with van der Waals surface area (Å²) in [5.74, 6) is 0.880. The number of nitrogens with zero attached hydrogens (tertiary/aromatic N) is 1. The molecule has 2 saturated heterocycles. The minimum absolute atomic E-state index is 0.184. The van der Waals surface area contributed by atoms with Gasteiger partial charge >= 0.3 is 0 Å². The fourth-order valence-corrected chi connectivity index (χ4v) is 3.26. The molecular formula is C16H31N3O2. The molecule has 2 fully saturated rings. The lowest BCUT2D eigenvalue weighted by Crippen LogP contribution is -2.47. The van der Waals surface area contributed by atoms with Crippen molar-refractivity contribution in [3.8, 4) is 0 Å². The van der Waals surface area contributed by atoms with Crippen molar-refractivity contribution in [2.75, 3.05) is 45.9 Å². The monoisotopic (exact) mass is 297 g/mol. The lowest BCUT2D eigenvalue weighted by Gasteiger charge is -2.33. The van der Waals surface area contributed by atoms with E-state index in [2.05, 4.69) is 22.5 Å². The molecule has 0 aromatic heterocycles. The van der Waals surface area contributed by atoms with Gasteiger partial charge in [0.2, 0.25) is 5.91 Å². The normalized spacial score (nSPS) is 24.9. The molecular weight excluding hydrogens is 266 g/mol. The third-order valence-corrected chi connectivity index (χ3v) is 4.42. The number of carbonyl (C=O) groups excluding carboxylic acids is 1. The maximum absolute atomic E-state index is 12.1. The highest BCUT2D eigenvalue weighted by Crippen LogP contribution is 2.15. The number of likely N-dealkylation sites (tertiary alicyclic amines) is 1. The predicted molar refractivity (Wildman–Crippen MR) is 84.3 cm³/mol. The Hall–Kier alpha value is -0.650. The van der Waals surface area contributed by atoms with Crippen LogP contribution < -0.4 is 10.6 Å². The van der Waals surface area contributed by atoms with Crippen LogP contribution in [0.5, 0.6) is 0 Å². The van der Waals surface area contributed by atoms with Crippen molar-refractivity contribution in [1.29, 1.82) is 0 Å². The first kappa shape index (κ1) is 16.7. The predicted octanol–water partition coefficient (Wildman–Crippen LogP) is 0.993. The first-order valence-corrected chi connectivity index (χ1v) is 8.58. The van der Waals surface area contributed by atoms with Gasteiger partial charge in [0.1, 0.15) is 0 Å². The van der Waals surface area contributed by atoms with Crippen molar-refractivity contribution < 1.29 is 9.53 Å². The maximum atomic E-state index is 12.1. The molecule has 21 heavy (non-hydrogen) atoms. The lowest BCUT2D eigenvalue weighted by atomic mass is 9.98. The molecule has 0 bridgehead atoms. The Morgan fingerprint density at radius 3 is 2.86 bits per heavy atom. The molecule has 122 valence electrons. The number of amides is 1. The van der Waals surface area contributed by atoms with Crippen molar-refractivity contribution >= 4 is 5.91 Å². The molecule has 1 atom stereocenters. The van der Waals surface area contributed by atoms with Crippen molar-refractivity contribution in [1.82, 2.24) is 15.5 Å². The van der Waals surface area contributed by atoms with Crippen molar-refractivity contribution in [3.05, 3.63) is 0 Å². The van der Waals surface area contributed by atoms with Gasteiger partial charge < -0.3 is 15.4 Å². The van der Waals surface area contributed by atoms with Crippen LogP contribution in [0.3, 0.4) is 0 Å². The van der Waals surface area contributed by atoms with Crippen LogP contribution in [-0.2, 0) is 9.53 Å². The molecule has 2 aliphatic heterocycles. The molecule has 0 aromatic rings. The molecule has 0 radical (unpaired) electrons. The highest BCUT2D eigenvalue weighted by molar-refractivity contribution is 5.78. The van der Waals surface area contributed by atoms with Gasteiger partial charge in [0.25, 0.3) is 0 Å². The van der Waals surface area contributed by atoms with E-state index < -0.39 is 0 Å². The summed E-state index contributed by atoms with van der Waals surface area (Å²) < 4.78 is 5.32. The number of carbonyl (C=O) groups is 1. The number of hydrogen-bond acceptors (Lipinski definition) is 4. The topological polar surface area (TPSA) is 53.6 Å². The summed E-state index contributed by atoms with van der Waals surface area (Å²) in [6.45, 7) is 8.61. The van der Waals surface area contributed by atoms with Crippen LogP contribution in [0.4, 0.5) is 0 Å². The first-order valence-electron chi connectivity index (χ1n) is 8.58. The molecule has 2 heterocycles. The average Bonchev–Trinajstić information content (AvgIpc) is 2.49. The van der Waals surface area contributed by atoms with Gasteiger partial charge in [-0.25, -0.2) is 0 Å². The van der Waals surface area contributed by atoms with Gasteiger partial charge in [-0.15, -0.1) is 0 Å². The third-order valence-electron chi connectivity index (χ3n) is 4.42. The SMILES string of the molecule is CCCNCC1CCCN(CC(=O)NC2CCOCC2)C1. The van der Waals surface area contributed by atoms with Crippen LogP contribution in [0.2, 0.25) is 0 Å². The van der Waals surface area contributed by atoms with Crippen LogP contribution in [-0.4, -0.2) is 62.8 Å². The van der Waals surface area contributed by atoms with E-state index in [4.69, 9.17) is 4.74 Å². The molecule has 2 aliphatic rings. The van der Waals surface area contributed by atoms with Crippen LogP contribution in [0, 0.1) is 5.92 Å². The summed E-state index contributed by atoms with van der Waals surface area (Å²) in [6.07, 6.45) is 5.59. The van der Waals surface area contributed by atoms with E-state index in [0.29, 0.717) is 18.5 Å². The Kier molecular flexibility index (Phi) is 7.47. The largest absolute Gasteiger partial charge is 0.381 e. The molecule has 0 spiro atoms.